The van der Waals surface area contributed by atoms with Gasteiger partial charge in [0.05, 0.1) is 0 Å². The third-order valence-corrected chi connectivity index (χ3v) is 6.33. The minimum Gasteiger partial charge on any atom is -0.374 e. The summed E-state index contributed by atoms with van der Waals surface area (Å²) < 4.78 is 0. The van der Waals surface area contributed by atoms with Crippen molar-refractivity contribution in [2.24, 2.45) is 5.92 Å². The standard InChI is InChI=1S/C20H35N/c1-21-19-15-11-7-3-2-5-9-13-17(19)18-14-10-6-4-8-12-16-20(18)21/h18,20H,2-16H2,1H3. The Balaban J connectivity index is 1.79. The molecule has 1 aliphatic heterocycles. The van der Waals surface area contributed by atoms with Crippen LogP contribution in [0.1, 0.15) is 96.3 Å². The Bertz CT molecular complexity index is 357. The molecule has 21 heavy (non-hydrogen) atoms. The van der Waals surface area contributed by atoms with Crippen molar-refractivity contribution < 1.29 is 0 Å². The molecule has 120 valence electrons. The molecule has 0 bridgehead atoms. The lowest BCUT2D eigenvalue weighted by molar-refractivity contribution is 0.247. The fourth-order valence-corrected chi connectivity index (χ4v) is 5.13. The van der Waals surface area contributed by atoms with Gasteiger partial charge in [-0.3, -0.25) is 0 Å². The van der Waals surface area contributed by atoms with Gasteiger partial charge in [-0.1, -0.05) is 57.8 Å². The van der Waals surface area contributed by atoms with Gasteiger partial charge in [0.15, 0.2) is 0 Å². The van der Waals surface area contributed by atoms with Gasteiger partial charge >= 0.3 is 0 Å². The summed E-state index contributed by atoms with van der Waals surface area (Å²) in [5.74, 6) is 0.919. The van der Waals surface area contributed by atoms with Crippen LogP contribution in [0, 0.1) is 5.92 Å². The van der Waals surface area contributed by atoms with Crippen molar-refractivity contribution in [3.63, 3.8) is 0 Å². The second-order valence-corrected chi connectivity index (χ2v) is 7.72. The second kappa shape index (κ2) is 7.70. The molecular weight excluding hydrogens is 254 g/mol. The van der Waals surface area contributed by atoms with Crippen LogP contribution >= 0.6 is 0 Å². The monoisotopic (exact) mass is 289 g/mol. The van der Waals surface area contributed by atoms with Crippen molar-refractivity contribution in [2.75, 3.05) is 7.05 Å². The van der Waals surface area contributed by atoms with E-state index in [1.807, 2.05) is 5.57 Å². The normalized spacial score (nSPS) is 32.7. The zero-order valence-corrected chi connectivity index (χ0v) is 14.2. The smallest absolute Gasteiger partial charge is 0.0349 e. The number of nitrogens with zero attached hydrogens (tertiary/aromatic N) is 1. The SMILES string of the molecule is CN1C2=C(CCCCCCCC2)C2CCCCCCCC21. The first-order chi connectivity index (χ1) is 10.4. The molecule has 1 heterocycles. The maximum Gasteiger partial charge on any atom is 0.0349 e. The van der Waals surface area contributed by atoms with E-state index in [1.165, 1.54) is 96.3 Å². The lowest BCUT2D eigenvalue weighted by Gasteiger charge is -2.29. The highest BCUT2D eigenvalue weighted by molar-refractivity contribution is 5.25. The molecule has 1 heteroatoms. The van der Waals surface area contributed by atoms with E-state index in [9.17, 15) is 0 Å². The summed E-state index contributed by atoms with van der Waals surface area (Å²) in [7, 11) is 2.42. The first-order valence-corrected chi connectivity index (χ1v) is 9.82. The molecule has 2 aliphatic carbocycles. The lowest BCUT2D eigenvalue weighted by atomic mass is 9.84. The summed E-state index contributed by atoms with van der Waals surface area (Å²) >= 11 is 0. The maximum atomic E-state index is 2.74. The van der Waals surface area contributed by atoms with Crippen molar-refractivity contribution in [3.05, 3.63) is 11.3 Å². The molecule has 2 unspecified atom stereocenters. The minimum atomic E-state index is 0.855. The first kappa shape index (κ1) is 15.4. The average Bonchev–Trinajstić information content (AvgIpc) is 2.81. The molecule has 1 fully saturated rings. The summed E-state index contributed by atoms with van der Waals surface area (Å²) in [6, 6.07) is 0.855. The third-order valence-electron chi connectivity index (χ3n) is 6.33. The van der Waals surface area contributed by atoms with E-state index >= 15 is 0 Å². The van der Waals surface area contributed by atoms with Crippen LogP contribution in [0.15, 0.2) is 11.3 Å². The molecular formula is C20H35N. The second-order valence-electron chi connectivity index (χ2n) is 7.72. The van der Waals surface area contributed by atoms with Crippen LogP contribution in [0.4, 0.5) is 0 Å². The quantitative estimate of drug-likeness (QED) is 0.524. The summed E-state index contributed by atoms with van der Waals surface area (Å²) in [6.07, 6.45) is 21.9. The van der Waals surface area contributed by atoms with E-state index in [2.05, 4.69) is 11.9 Å². The van der Waals surface area contributed by atoms with Crippen molar-refractivity contribution in [1.29, 1.82) is 0 Å². The maximum absolute atomic E-state index is 2.74. The molecule has 0 aromatic rings. The topological polar surface area (TPSA) is 3.24 Å². The van der Waals surface area contributed by atoms with E-state index in [1.54, 1.807) is 5.70 Å². The highest BCUT2D eigenvalue weighted by Gasteiger charge is 2.37. The number of hydrogen-bond acceptors (Lipinski definition) is 1. The Morgan fingerprint density at radius 1 is 0.667 bits per heavy atom. The largest absolute Gasteiger partial charge is 0.374 e. The zero-order valence-electron chi connectivity index (χ0n) is 14.2. The summed E-state index contributed by atoms with van der Waals surface area (Å²) in [6.45, 7) is 0. The minimum absolute atomic E-state index is 0.855. The fourth-order valence-electron chi connectivity index (χ4n) is 5.13. The lowest BCUT2D eigenvalue weighted by Crippen LogP contribution is -2.31. The number of allylic oxidation sites excluding steroid dienone is 1. The van der Waals surface area contributed by atoms with E-state index < -0.39 is 0 Å². The Kier molecular flexibility index (Phi) is 5.66. The Morgan fingerprint density at radius 2 is 1.24 bits per heavy atom. The van der Waals surface area contributed by atoms with Crippen LogP contribution in [0.2, 0.25) is 0 Å². The zero-order chi connectivity index (χ0) is 14.5. The Labute approximate surface area is 132 Å². The molecule has 1 nitrogen and oxygen atoms in total. The van der Waals surface area contributed by atoms with Gasteiger partial charge in [0, 0.05) is 24.7 Å². The van der Waals surface area contributed by atoms with Crippen LogP contribution in [0.3, 0.4) is 0 Å². The number of hydrogen-bond donors (Lipinski definition) is 0. The van der Waals surface area contributed by atoms with E-state index in [4.69, 9.17) is 0 Å². The number of rotatable bonds is 0. The third kappa shape index (κ3) is 3.66. The van der Waals surface area contributed by atoms with Gasteiger partial charge in [0.25, 0.3) is 0 Å². The summed E-state index contributed by atoms with van der Waals surface area (Å²) in [5, 5.41) is 0. The predicted octanol–water partition coefficient (Wildman–Crippen LogP) is 6.05. The van der Waals surface area contributed by atoms with Gasteiger partial charge in [-0.05, 0) is 44.1 Å². The van der Waals surface area contributed by atoms with Crippen LogP contribution in [-0.4, -0.2) is 18.0 Å². The van der Waals surface area contributed by atoms with Gasteiger partial charge in [-0.2, -0.15) is 0 Å². The van der Waals surface area contributed by atoms with E-state index in [-0.39, 0.29) is 0 Å². The van der Waals surface area contributed by atoms with Crippen molar-refractivity contribution in [3.8, 4) is 0 Å². The molecule has 0 amide bonds. The van der Waals surface area contributed by atoms with Crippen LogP contribution in [-0.2, 0) is 0 Å². The first-order valence-electron chi connectivity index (χ1n) is 9.82. The molecule has 0 radical (unpaired) electrons. The molecule has 2 atom stereocenters. The van der Waals surface area contributed by atoms with Gasteiger partial charge in [-0.15, -0.1) is 0 Å². The molecule has 0 N–H and O–H groups in total. The summed E-state index contributed by atoms with van der Waals surface area (Å²) in [4.78, 5) is 2.74. The average molecular weight is 290 g/mol. The molecule has 0 aromatic heterocycles. The van der Waals surface area contributed by atoms with Crippen LogP contribution in [0.5, 0.6) is 0 Å². The van der Waals surface area contributed by atoms with Crippen LogP contribution in [0.25, 0.3) is 0 Å². The molecule has 3 aliphatic rings. The highest BCUT2D eigenvalue weighted by atomic mass is 15.2. The Morgan fingerprint density at radius 3 is 2.00 bits per heavy atom. The van der Waals surface area contributed by atoms with Gasteiger partial charge < -0.3 is 4.90 Å². The molecule has 0 saturated heterocycles. The van der Waals surface area contributed by atoms with Crippen molar-refractivity contribution >= 4 is 0 Å². The molecule has 0 spiro atoms. The predicted molar refractivity (Wildman–Crippen MR) is 91.3 cm³/mol. The molecule has 1 saturated carbocycles. The van der Waals surface area contributed by atoms with Crippen molar-refractivity contribution in [1.82, 2.24) is 4.90 Å². The fraction of sp³-hybridized carbons (Fsp3) is 0.900. The van der Waals surface area contributed by atoms with E-state index in [0.717, 1.165) is 12.0 Å². The van der Waals surface area contributed by atoms with Crippen LogP contribution < -0.4 is 0 Å². The van der Waals surface area contributed by atoms with E-state index in [0.29, 0.717) is 0 Å². The van der Waals surface area contributed by atoms with Crippen molar-refractivity contribution in [2.45, 2.75) is 102 Å². The highest BCUT2D eigenvalue weighted by Crippen LogP contribution is 2.43. The number of fused-ring (bicyclic) bond motifs is 2. The van der Waals surface area contributed by atoms with Gasteiger partial charge in [0.2, 0.25) is 0 Å². The molecule has 0 aromatic carbocycles. The van der Waals surface area contributed by atoms with Gasteiger partial charge in [-0.25, -0.2) is 0 Å². The van der Waals surface area contributed by atoms with Gasteiger partial charge in [0.1, 0.15) is 0 Å². The molecule has 3 rings (SSSR count). The summed E-state index contributed by atoms with van der Waals surface area (Å²) in [5.41, 5.74) is 3.69. The Hall–Kier alpha value is -0.460.